The molecule has 120 valence electrons. The van der Waals surface area contributed by atoms with Gasteiger partial charge in [-0.15, -0.1) is 11.3 Å². The van der Waals surface area contributed by atoms with E-state index in [1.165, 1.54) is 22.2 Å². The molecule has 3 rings (SSSR count). The highest BCUT2D eigenvalue weighted by Crippen LogP contribution is 2.27. The van der Waals surface area contributed by atoms with E-state index in [9.17, 15) is 9.59 Å². The molecular formula is C17H14N4O2S. The fraction of sp³-hybridized carbons (Fsp3) is 0.176. The lowest BCUT2D eigenvalue weighted by Gasteiger charge is -2.07. The van der Waals surface area contributed by atoms with Gasteiger partial charge in [-0.25, -0.2) is 4.98 Å². The van der Waals surface area contributed by atoms with E-state index in [1.807, 2.05) is 6.92 Å². The fourth-order valence-corrected chi connectivity index (χ4v) is 3.29. The van der Waals surface area contributed by atoms with Crippen molar-refractivity contribution >= 4 is 33.1 Å². The van der Waals surface area contributed by atoms with Crippen molar-refractivity contribution in [3.8, 4) is 6.07 Å². The van der Waals surface area contributed by atoms with Crippen LogP contribution >= 0.6 is 11.3 Å². The van der Waals surface area contributed by atoms with E-state index < -0.39 is 0 Å². The van der Waals surface area contributed by atoms with Gasteiger partial charge in [0.15, 0.2) is 0 Å². The number of thiophene rings is 1. The Bertz CT molecular complexity index is 1010. The number of aromatic nitrogens is 2. The van der Waals surface area contributed by atoms with E-state index >= 15 is 0 Å². The zero-order chi connectivity index (χ0) is 17.1. The molecule has 0 unspecified atom stereocenters. The Morgan fingerprint density at radius 2 is 2.21 bits per heavy atom. The summed E-state index contributed by atoms with van der Waals surface area (Å²) in [5.74, 6) is -0.366. The number of aryl methyl sites for hydroxylation is 1. The van der Waals surface area contributed by atoms with Crippen LogP contribution in [0.3, 0.4) is 0 Å². The second-order valence-corrected chi connectivity index (χ2v) is 6.30. The van der Waals surface area contributed by atoms with Gasteiger partial charge < -0.3 is 5.32 Å². The molecule has 1 amide bonds. The first-order valence-electron chi connectivity index (χ1n) is 7.39. The largest absolute Gasteiger partial charge is 0.315 e. The molecule has 0 saturated carbocycles. The molecule has 1 aromatic carbocycles. The minimum Gasteiger partial charge on any atom is -0.315 e. The third-order valence-electron chi connectivity index (χ3n) is 3.55. The smallest absolute Gasteiger partial charge is 0.261 e. The maximum atomic E-state index is 12.4. The minimum atomic E-state index is -0.366. The van der Waals surface area contributed by atoms with Crippen molar-refractivity contribution in [3.05, 3.63) is 57.5 Å². The highest BCUT2D eigenvalue weighted by molar-refractivity contribution is 7.16. The lowest BCUT2D eigenvalue weighted by atomic mass is 10.2. The first-order valence-corrected chi connectivity index (χ1v) is 8.21. The number of fused-ring (bicyclic) bond motifs is 1. The second kappa shape index (κ2) is 6.64. The van der Waals surface area contributed by atoms with Crippen LogP contribution in [0, 0.1) is 11.3 Å². The van der Waals surface area contributed by atoms with Crippen LogP contribution in [0.5, 0.6) is 0 Å². The number of hydrogen-bond acceptors (Lipinski definition) is 5. The zero-order valence-electron chi connectivity index (χ0n) is 12.9. The predicted octanol–water partition coefficient (Wildman–Crippen LogP) is 2.53. The van der Waals surface area contributed by atoms with Gasteiger partial charge in [0.05, 0.1) is 22.8 Å². The van der Waals surface area contributed by atoms with Crippen LogP contribution in [0.1, 0.15) is 17.4 Å². The lowest BCUT2D eigenvalue weighted by Crippen LogP contribution is -2.27. The summed E-state index contributed by atoms with van der Waals surface area (Å²) in [6, 6.07) is 10.8. The van der Waals surface area contributed by atoms with Crippen LogP contribution in [-0.4, -0.2) is 15.5 Å². The normalized spacial score (nSPS) is 10.5. The summed E-state index contributed by atoms with van der Waals surface area (Å²) in [5, 5.41) is 12.8. The summed E-state index contributed by atoms with van der Waals surface area (Å²) in [4.78, 5) is 29.8. The van der Waals surface area contributed by atoms with Crippen molar-refractivity contribution in [2.75, 3.05) is 5.32 Å². The van der Waals surface area contributed by atoms with Crippen molar-refractivity contribution in [3.63, 3.8) is 0 Å². The topological polar surface area (TPSA) is 87.8 Å². The first kappa shape index (κ1) is 15.9. The number of carbonyl (C=O) groups is 1. The molecule has 1 N–H and O–H groups in total. The summed E-state index contributed by atoms with van der Waals surface area (Å²) < 4.78 is 1.26. The van der Waals surface area contributed by atoms with Gasteiger partial charge in [0.1, 0.15) is 17.6 Å². The van der Waals surface area contributed by atoms with Crippen molar-refractivity contribution < 1.29 is 4.79 Å². The standard InChI is InChI=1S/C17H14N4O2S/c1-2-12-7-11(8-18)16(24-12)20-15(22)9-21-10-19-14-6-4-3-5-13(14)17(21)23/h3-7,10H,2,9H2,1H3,(H,20,22). The Kier molecular flexibility index (Phi) is 4.40. The van der Waals surface area contributed by atoms with Crippen LogP contribution in [-0.2, 0) is 17.8 Å². The van der Waals surface area contributed by atoms with Crippen LogP contribution < -0.4 is 10.9 Å². The molecule has 0 aliphatic heterocycles. The Morgan fingerprint density at radius 1 is 1.42 bits per heavy atom. The SMILES string of the molecule is CCc1cc(C#N)c(NC(=O)Cn2cnc3ccccc3c2=O)s1. The van der Waals surface area contributed by atoms with E-state index in [-0.39, 0.29) is 18.0 Å². The molecule has 0 atom stereocenters. The third kappa shape index (κ3) is 3.05. The second-order valence-electron chi connectivity index (χ2n) is 5.16. The molecule has 2 aromatic heterocycles. The number of nitriles is 1. The highest BCUT2D eigenvalue weighted by Gasteiger charge is 2.13. The Balaban J connectivity index is 1.83. The molecule has 0 radical (unpaired) electrons. The molecule has 24 heavy (non-hydrogen) atoms. The van der Waals surface area contributed by atoms with Crippen molar-refractivity contribution in [2.45, 2.75) is 19.9 Å². The highest BCUT2D eigenvalue weighted by atomic mass is 32.1. The lowest BCUT2D eigenvalue weighted by molar-refractivity contribution is -0.116. The molecule has 3 aromatic rings. The van der Waals surface area contributed by atoms with E-state index in [0.717, 1.165) is 11.3 Å². The molecule has 2 heterocycles. The first-order chi connectivity index (χ1) is 11.6. The molecule has 0 aliphatic carbocycles. The maximum absolute atomic E-state index is 12.4. The molecule has 0 saturated heterocycles. The number of nitrogens with one attached hydrogen (secondary N) is 1. The summed E-state index contributed by atoms with van der Waals surface area (Å²) in [6.07, 6.45) is 2.16. The molecule has 0 spiro atoms. The Morgan fingerprint density at radius 3 is 2.96 bits per heavy atom. The average Bonchev–Trinajstić information content (AvgIpc) is 2.99. The Hall–Kier alpha value is -2.98. The van der Waals surface area contributed by atoms with Gasteiger partial charge in [-0.2, -0.15) is 5.26 Å². The van der Waals surface area contributed by atoms with Gasteiger partial charge in [0.2, 0.25) is 5.91 Å². The minimum absolute atomic E-state index is 0.152. The van der Waals surface area contributed by atoms with Crippen LogP contribution in [0.25, 0.3) is 10.9 Å². The van der Waals surface area contributed by atoms with Gasteiger partial charge in [-0.3, -0.25) is 14.2 Å². The quantitative estimate of drug-likeness (QED) is 0.792. The number of nitrogens with zero attached hydrogens (tertiary/aromatic N) is 3. The van der Waals surface area contributed by atoms with Crippen LogP contribution in [0.4, 0.5) is 5.00 Å². The van der Waals surface area contributed by atoms with Crippen LogP contribution in [0.2, 0.25) is 0 Å². The molecule has 0 bridgehead atoms. The van der Waals surface area contributed by atoms with E-state index in [0.29, 0.717) is 21.5 Å². The summed E-state index contributed by atoms with van der Waals surface area (Å²) in [6.45, 7) is 1.83. The zero-order valence-corrected chi connectivity index (χ0v) is 13.8. The average molecular weight is 338 g/mol. The van der Waals surface area contributed by atoms with Crippen molar-refractivity contribution in [2.24, 2.45) is 0 Å². The molecule has 7 heteroatoms. The number of anilines is 1. The van der Waals surface area contributed by atoms with E-state index in [2.05, 4.69) is 16.4 Å². The summed E-state index contributed by atoms with van der Waals surface area (Å²) >= 11 is 1.37. The predicted molar refractivity (Wildman–Crippen MR) is 93.0 cm³/mol. The molecule has 6 nitrogen and oxygen atoms in total. The molecule has 0 fully saturated rings. The van der Waals surface area contributed by atoms with E-state index in [4.69, 9.17) is 5.26 Å². The summed E-state index contributed by atoms with van der Waals surface area (Å²) in [5.41, 5.74) is 0.766. The van der Waals surface area contributed by atoms with Gasteiger partial charge in [-0.1, -0.05) is 19.1 Å². The van der Waals surface area contributed by atoms with Gasteiger partial charge in [0.25, 0.3) is 5.56 Å². The van der Waals surface area contributed by atoms with Crippen LogP contribution in [0.15, 0.2) is 41.5 Å². The van der Waals surface area contributed by atoms with Gasteiger partial charge in [-0.05, 0) is 24.6 Å². The number of amides is 1. The van der Waals surface area contributed by atoms with Crippen molar-refractivity contribution in [1.82, 2.24) is 9.55 Å². The fourth-order valence-electron chi connectivity index (χ4n) is 2.33. The monoisotopic (exact) mass is 338 g/mol. The number of para-hydroxylation sites is 1. The van der Waals surface area contributed by atoms with E-state index in [1.54, 1.807) is 30.3 Å². The molecule has 0 aliphatic rings. The van der Waals surface area contributed by atoms with Gasteiger partial charge in [0, 0.05) is 4.88 Å². The number of benzene rings is 1. The number of hydrogen-bond donors (Lipinski definition) is 1. The number of carbonyl (C=O) groups excluding carboxylic acids is 1. The molecular weight excluding hydrogens is 324 g/mol. The van der Waals surface area contributed by atoms with Gasteiger partial charge >= 0.3 is 0 Å². The maximum Gasteiger partial charge on any atom is 0.261 e. The number of rotatable bonds is 4. The third-order valence-corrected chi connectivity index (χ3v) is 4.75. The van der Waals surface area contributed by atoms with Crippen molar-refractivity contribution in [1.29, 1.82) is 5.26 Å². The Labute approximate surface area is 142 Å². The summed E-state index contributed by atoms with van der Waals surface area (Å²) in [7, 11) is 0.